The Morgan fingerprint density at radius 2 is 2.05 bits per heavy atom. The van der Waals surface area contributed by atoms with Crippen molar-refractivity contribution in [3.63, 3.8) is 0 Å². The minimum absolute atomic E-state index is 0.0751. The fourth-order valence-corrected chi connectivity index (χ4v) is 2.66. The third-order valence-corrected chi connectivity index (χ3v) is 4.80. The molecule has 1 aromatic heterocycles. The maximum atomic E-state index is 13.4. The lowest BCUT2D eigenvalue weighted by Gasteiger charge is -2.18. The van der Waals surface area contributed by atoms with E-state index < -0.39 is 15.8 Å². The fraction of sp³-hybridized carbons (Fsp3) is 0.214. The number of nitrogens with zero attached hydrogens (tertiary/aromatic N) is 2. The van der Waals surface area contributed by atoms with Crippen LogP contribution in [0.5, 0.6) is 0 Å². The van der Waals surface area contributed by atoms with Crippen LogP contribution in [0.2, 0.25) is 5.02 Å². The number of hydrogen-bond donors (Lipinski definition) is 1. The van der Waals surface area contributed by atoms with Crippen LogP contribution in [0.15, 0.2) is 41.4 Å². The molecule has 2 rings (SSSR count). The van der Waals surface area contributed by atoms with Crippen LogP contribution in [-0.2, 0) is 16.6 Å². The zero-order valence-corrected chi connectivity index (χ0v) is 13.6. The first-order chi connectivity index (χ1) is 10.3. The SMILES string of the molecule is CNS(=O)(=O)c1ccc(N(C)Cc2ccc(Cl)c(F)c2)nc1. The third-order valence-electron chi connectivity index (χ3n) is 3.09. The molecule has 2 aromatic rings. The summed E-state index contributed by atoms with van der Waals surface area (Å²) in [6.45, 7) is 0.416. The second kappa shape index (κ2) is 6.60. The molecule has 1 heterocycles. The Bertz CT molecular complexity index is 766. The van der Waals surface area contributed by atoms with Gasteiger partial charge in [0.15, 0.2) is 0 Å². The number of halogens is 2. The van der Waals surface area contributed by atoms with Crippen molar-refractivity contribution in [1.82, 2.24) is 9.71 Å². The summed E-state index contributed by atoms with van der Waals surface area (Å²) in [4.78, 5) is 5.98. The van der Waals surface area contributed by atoms with Gasteiger partial charge < -0.3 is 4.90 Å². The number of pyridine rings is 1. The van der Waals surface area contributed by atoms with E-state index in [9.17, 15) is 12.8 Å². The van der Waals surface area contributed by atoms with Crippen molar-refractivity contribution in [2.75, 3.05) is 19.0 Å². The summed E-state index contributed by atoms with van der Waals surface area (Å²) < 4.78 is 38.9. The lowest BCUT2D eigenvalue weighted by Crippen LogP contribution is -2.20. The van der Waals surface area contributed by atoms with E-state index in [1.165, 1.54) is 31.4 Å². The maximum absolute atomic E-state index is 13.4. The van der Waals surface area contributed by atoms with Gasteiger partial charge in [-0.2, -0.15) is 0 Å². The Morgan fingerprint density at radius 3 is 2.59 bits per heavy atom. The molecule has 1 N–H and O–H groups in total. The maximum Gasteiger partial charge on any atom is 0.241 e. The Balaban J connectivity index is 2.16. The normalized spacial score (nSPS) is 11.5. The van der Waals surface area contributed by atoms with Gasteiger partial charge in [0.05, 0.1) is 5.02 Å². The standard InChI is InChI=1S/C14H15ClFN3O2S/c1-17-22(20,21)11-4-6-14(18-8-11)19(2)9-10-3-5-12(15)13(16)7-10/h3-8,17H,9H2,1-2H3. The monoisotopic (exact) mass is 343 g/mol. The van der Waals surface area contributed by atoms with E-state index in [1.807, 2.05) is 0 Å². The molecule has 0 fully saturated rings. The zero-order chi connectivity index (χ0) is 16.3. The van der Waals surface area contributed by atoms with Gasteiger partial charge in [-0.15, -0.1) is 0 Å². The van der Waals surface area contributed by atoms with Crippen molar-refractivity contribution in [3.8, 4) is 0 Å². The predicted octanol–water partition coefficient (Wildman–Crippen LogP) is 2.42. The number of aromatic nitrogens is 1. The lowest BCUT2D eigenvalue weighted by molar-refractivity contribution is 0.588. The molecule has 8 heteroatoms. The number of nitrogens with one attached hydrogen (secondary N) is 1. The second-order valence-electron chi connectivity index (χ2n) is 4.66. The van der Waals surface area contributed by atoms with Crippen LogP contribution in [0.3, 0.4) is 0 Å². The van der Waals surface area contributed by atoms with E-state index in [1.54, 1.807) is 24.1 Å². The average molecular weight is 344 g/mol. The first kappa shape index (κ1) is 16.7. The van der Waals surface area contributed by atoms with Crippen molar-refractivity contribution >= 4 is 27.4 Å². The molecule has 5 nitrogen and oxygen atoms in total. The molecule has 22 heavy (non-hydrogen) atoms. The molecular formula is C14H15ClFN3O2S. The van der Waals surface area contributed by atoms with Crippen LogP contribution >= 0.6 is 11.6 Å². The lowest BCUT2D eigenvalue weighted by atomic mass is 10.2. The molecule has 0 spiro atoms. The molecule has 0 saturated heterocycles. The van der Waals surface area contributed by atoms with Gasteiger partial charge in [-0.3, -0.25) is 0 Å². The van der Waals surface area contributed by atoms with Crippen LogP contribution in [0.25, 0.3) is 0 Å². The van der Waals surface area contributed by atoms with E-state index >= 15 is 0 Å². The summed E-state index contributed by atoms with van der Waals surface area (Å²) >= 11 is 5.64. The highest BCUT2D eigenvalue weighted by Crippen LogP contribution is 2.19. The summed E-state index contributed by atoms with van der Waals surface area (Å²) in [7, 11) is -0.389. The Labute approximate surface area is 133 Å². The number of hydrogen-bond acceptors (Lipinski definition) is 4. The van der Waals surface area contributed by atoms with Crippen LogP contribution in [0.4, 0.5) is 10.2 Å². The highest BCUT2D eigenvalue weighted by atomic mass is 35.5. The Hall–Kier alpha value is -1.70. The van der Waals surface area contributed by atoms with Crippen molar-refractivity contribution in [1.29, 1.82) is 0 Å². The van der Waals surface area contributed by atoms with Gasteiger partial charge in [0.25, 0.3) is 0 Å². The summed E-state index contributed by atoms with van der Waals surface area (Å²) in [5.41, 5.74) is 0.734. The molecule has 0 amide bonds. The van der Waals surface area contributed by atoms with Gasteiger partial charge in [0.2, 0.25) is 10.0 Å². The van der Waals surface area contributed by atoms with Crippen molar-refractivity contribution < 1.29 is 12.8 Å². The molecule has 0 aliphatic carbocycles. The predicted molar refractivity (Wildman–Crippen MR) is 84.0 cm³/mol. The molecule has 0 bridgehead atoms. The topological polar surface area (TPSA) is 62.3 Å². The minimum atomic E-state index is -3.51. The van der Waals surface area contributed by atoms with Gasteiger partial charge in [0.1, 0.15) is 16.5 Å². The van der Waals surface area contributed by atoms with E-state index in [-0.39, 0.29) is 9.92 Å². The number of sulfonamides is 1. The molecule has 118 valence electrons. The van der Waals surface area contributed by atoms with E-state index in [2.05, 4.69) is 9.71 Å². The van der Waals surface area contributed by atoms with Crippen molar-refractivity contribution in [3.05, 3.63) is 52.9 Å². The van der Waals surface area contributed by atoms with E-state index in [0.29, 0.717) is 12.4 Å². The summed E-state index contributed by atoms with van der Waals surface area (Å²) in [5, 5.41) is 0.0751. The molecule has 0 unspecified atom stereocenters. The van der Waals surface area contributed by atoms with Crippen molar-refractivity contribution in [2.24, 2.45) is 0 Å². The second-order valence-corrected chi connectivity index (χ2v) is 6.96. The quantitative estimate of drug-likeness (QED) is 0.905. The molecule has 0 saturated carbocycles. The Morgan fingerprint density at radius 1 is 1.32 bits per heavy atom. The number of anilines is 1. The molecule has 0 aliphatic heterocycles. The molecule has 0 radical (unpaired) electrons. The average Bonchev–Trinajstić information content (AvgIpc) is 2.51. The highest BCUT2D eigenvalue weighted by Gasteiger charge is 2.12. The van der Waals surface area contributed by atoms with Gasteiger partial charge in [-0.1, -0.05) is 17.7 Å². The van der Waals surface area contributed by atoms with Gasteiger partial charge in [0, 0.05) is 19.8 Å². The number of rotatable bonds is 5. The van der Waals surface area contributed by atoms with E-state index in [0.717, 1.165) is 5.56 Å². The zero-order valence-electron chi connectivity index (χ0n) is 12.0. The fourth-order valence-electron chi connectivity index (χ4n) is 1.87. The van der Waals surface area contributed by atoms with Crippen LogP contribution in [0, 0.1) is 5.82 Å². The molecular weight excluding hydrogens is 329 g/mol. The van der Waals surface area contributed by atoms with Crippen LogP contribution < -0.4 is 9.62 Å². The van der Waals surface area contributed by atoms with Gasteiger partial charge >= 0.3 is 0 Å². The first-order valence-corrected chi connectivity index (χ1v) is 8.24. The van der Waals surface area contributed by atoms with Crippen molar-refractivity contribution in [2.45, 2.75) is 11.4 Å². The van der Waals surface area contributed by atoms with Crippen LogP contribution in [0.1, 0.15) is 5.56 Å². The minimum Gasteiger partial charge on any atom is -0.355 e. The first-order valence-electron chi connectivity index (χ1n) is 6.38. The largest absolute Gasteiger partial charge is 0.355 e. The molecule has 0 atom stereocenters. The summed E-state index contributed by atoms with van der Waals surface area (Å²) in [6, 6.07) is 7.64. The smallest absolute Gasteiger partial charge is 0.241 e. The third kappa shape index (κ3) is 3.73. The Kier molecular flexibility index (Phi) is 5.00. The van der Waals surface area contributed by atoms with Gasteiger partial charge in [-0.05, 0) is 36.9 Å². The molecule has 0 aliphatic rings. The summed E-state index contributed by atoms with van der Waals surface area (Å²) in [5.74, 6) is 0.0985. The van der Waals surface area contributed by atoms with E-state index in [4.69, 9.17) is 11.6 Å². The highest BCUT2D eigenvalue weighted by molar-refractivity contribution is 7.89. The van der Waals surface area contributed by atoms with Gasteiger partial charge in [-0.25, -0.2) is 22.5 Å². The molecule has 1 aromatic carbocycles. The number of benzene rings is 1. The van der Waals surface area contributed by atoms with Crippen LogP contribution in [-0.4, -0.2) is 27.5 Å². The summed E-state index contributed by atoms with van der Waals surface area (Å²) in [6.07, 6.45) is 1.28.